The molecule has 0 radical (unpaired) electrons. The number of halogens is 1. The summed E-state index contributed by atoms with van der Waals surface area (Å²) in [5.74, 6) is 2.17. The third-order valence-electron chi connectivity index (χ3n) is 4.48. The first-order valence-electron chi connectivity index (χ1n) is 7.46. The molecule has 0 spiro atoms. The van der Waals surface area contributed by atoms with E-state index in [2.05, 4.69) is 96.8 Å². The van der Waals surface area contributed by atoms with Crippen LogP contribution in [-0.4, -0.2) is 62.8 Å². The molecular weight excluding hydrogens is 311 g/mol. The first-order valence-corrected chi connectivity index (χ1v) is 8.25. The molecule has 0 nitrogen and oxygen atoms in total. The lowest BCUT2D eigenvalue weighted by atomic mass is 9.63. The summed E-state index contributed by atoms with van der Waals surface area (Å²) in [6.45, 7) is 0. The Kier molecular flexibility index (Phi) is 6.71. The summed E-state index contributed by atoms with van der Waals surface area (Å²) in [6.07, 6.45) is 2.32. The van der Waals surface area contributed by atoms with E-state index in [1.807, 2.05) is 0 Å². The number of benzene rings is 1. The third kappa shape index (κ3) is 4.22. The van der Waals surface area contributed by atoms with Crippen molar-refractivity contribution >= 4 is 101 Å². The second-order valence-electron chi connectivity index (χ2n) is 5.91. The van der Waals surface area contributed by atoms with Crippen LogP contribution in [0.2, 0.25) is 0 Å². The van der Waals surface area contributed by atoms with Crippen molar-refractivity contribution in [1.82, 2.24) is 0 Å². The van der Waals surface area contributed by atoms with Crippen molar-refractivity contribution in [2.75, 3.05) is 0 Å². The molecule has 0 heterocycles. The van der Waals surface area contributed by atoms with Crippen LogP contribution in [0.4, 0.5) is 0 Å². The lowest BCUT2D eigenvalue weighted by Gasteiger charge is -2.15. The molecule has 0 N–H and O–H groups in total. The maximum atomic E-state index is 3.70. The Balaban J connectivity index is 3.42. The van der Waals surface area contributed by atoms with E-state index in [4.69, 9.17) is 0 Å². The van der Waals surface area contributed by atoms with Gasteiger partial charge in [-0.2, -0.15) is 0 Å². The van der Waals surface area contributed by atoms with Crippen LogP contribution < -0.4 is 16.4 Å². The SMILES string of the molecule is B/C=C(B)/C(B)=C(B)\C(B)=C\c1c(B)cc(B)c(Br)c1B. The molecule has 0 fully saturated rings. The average molecular weight is 330 g/mol. The minimum Gasteiger partial charge on any atom is -0.131 e. The van der Waals surface area contributed by atoms with Crippen LogP contribution in [0.1, 0.15) is 5.56 Å². The lowest BCUT2D eigenvalue weighted by molar-refractivity contribution is 1.72. The van der Waals surface area contributed by atoms with Crippen molar-refractivity contribution in [2.24, 2.45) is 0 Å². The monoisotopic (exact) mass is 330 g/mol. The lowest BCUT2D eigenvalue weighted by Crippen LogP contribution is -2.29. The smallest absolute Gasteiger partial charge is 0.131 e. The average Bonchev–Trinajstić information content (AvgIpc) is 2.46. The first-order chi connectivity index (χ1) is 9.70. The summed E-state index contributed by atoms with van der Waals surface area (Å²) in [7, 11) is 17.4. The first kappa shape index (κ1) is 18.5. The summed E-state index contributed by atoms with van der Waals surface area (Å²) in [5.41, 5.74) is 10.7. The van der Waals surface area contributed by atoms with Crippen LogP contribution in [0.25, 0.3) is 6.08 Å². The topological polar surface area (TPSA) is 0 Å². The zero-order valence-corrected chi connectivity index (χ0v) is 16.2. The Bertz CT molecular complexity index is 660. The van der Waals surface area contributed by atoms with E-state index in [0.717, 1.165) is 0 Å². The molecule has 0 aliphatic heterocycles. The van der Waals surface area contributed by atoms with Crippen molar-refractivity contribution in [3.05, 3.63) is 44.0 Å². The van der Waals surface area contributed by atoms with Crippen LogP contribution in [0, 0.1) is 0 Å². The van der Waals surface area contributed by atoms with Crippen LogP contribution in [0.5, 0.6) is 0 Å². The van der Waals surface area contributed by atoms with Gasteiger partial charge in [0.05, 0.1) is 0 Å². The molecule has 1 rings (SSSR count). The molecule has 0 atom stereocenters. The van der Waals surface area contributed by atoms with E-state index < -0.39 is 0 Å². The molecule has 0 aromatic heterocycles. The Morgan fingerprint density at radius 1 is 0.905 bits per heavy atom. The molecule has 98 valence electrons. The van der Waals surface area contributed by atoms with E-state index >= 15 is 0 Å². The van der Waals surface area contributed by atoms with Crippen LogP contribution >= 0.6 is 15.9 Å². The summed E-state index contributed by atoms with van der Waals surface area (Å²) in [4.78, 5) is 0. The number of allylic oxidation sites excluding steroid dienone is 4. The molecule has 9 heteroatoms. The highest BCUT2D eigenvalue weighted by molar-refractivity contribution is 9.10. The van der Waals surface area contributed by atoms with Crippen LogP contribution in [-0.2, 0) is 0 Å². The Morgan fingerprint density at radius 3 is 1.95 bits per heavy atom. The van der Waals surface area contributed by atoms with Crippen molar-refractivity contribution in [1.29, 1.82) is 0 Å². The fourth-order valence-electron chi connectivity index (χ4n) is 2.53. The van der Waals surface area contributed by atoms with E-state index in [1.54, 1.807) is 0 Å². The highest BCUT2D eigenvalue weighted by Crippen LogP contribution is 2.14. The van der Waals surface area contributed by atoms with E-state index in [1.165, 1.54) is 48.3 Å². The van der Waals surface area contributed by atoms with Gasteiger partial charge in [-0.3, -0.25) is 0 Å². The van der Waals surface area contributed by atoms with Gasteiger partial charge in [0.15, 0.2) is 0 Å². The third-order valence-corrected chi connectivity index (χ3v) is 5.70. The maximum absolute atomic E-state index is 3.70. The molecule has 0 aliphatic rings. The zero-order valence-electron chi connectivity index (χ0n) is 14.6. The number of hydrogen-bond donors (Lipinski definition) is 0. The van der Waals surface area contributed by atoms with Gasteiger partial charge >= 0.3 is 0 Å². The Morgan fingerprint density at radius 2 is 1.43 bits per heavy atom. The predicted octanol–water partition coefficient (Wildman–Crippen LogP) is -6.22. The predicted molar refractivity (Wildman–Crippen MR) is 124 cm³/mol. The summed E-state index contributed by atoms with van der Waals surface area (Å²) < 4.78 is 1.22. The molecule has 1 aromatic carbocycles. The number of rotatable bonds is 3. The minimum absolute atomic E-state index is 1.22. The molecular formula is C12H19B8Br. The molecule has 0 unspecified atom stereocenters. The van der Waals surface area contributed by atoms with Gasteiger partial charge in [0.25, 0.3) is 0 Å². The molecule has 0 amide bonds. The van der Waals surface area contributed by atoms with Gasteiger partial charge in [-0.15, -0.1) is 22.4 Å². The fraction of sp³-hybridized carbons (Fsp3) is 0. The minimum atomic E-state index is 1.22. The molecule has 0 aliphatic carbocycles. The van der Waals surface area contributed by atoms with Gasteiger partial charge in [-0.1, -0.05) is 49.9 Å². The van der Waals surface area contributed by atoms with Crippen LogP contribution in [0.15, 0.2) is 38.4 Å². The quantitative estimate of drug-likeness (QED) is 0.382. The molecule has 0 bridgehead atoms. The normalized spacial score (nSPS) is 14.0. The zero-order chi connectivity index (χ0) is 16.3. The van der Waals surface area contributed by atoms with Gasteiger partial charge in [0, 0.05) is 4.47 Å². The highest BCUT2D eigenvalue weighted by atomic mass is 79.9. The maximum Gasteiger partial charge on any atom is 0.141 e. The second-order valence-corrected chi connectivity index (χ2v) is 6.71. The highest BCUT2D eigenvalue weighted by Gasteiger charge is 2.08. The van der Waals surface area contributed by atoms with E-state index in [9.17, 15) is 0 Å². The molecule has 0 saturated heterocycles. The van der Waals surface area contributed by atoms with Crippen molar-refractivity contribution < 1.29 is 0 Å². The van der Waals surface area contributed by atoms with Gasteiger partial charge < -0.3 is 0 Å². The molecule has 21 heavy (non-hydrogen) atoms. The van der Waals surface area contributed by atoms with Crippen LogP contribution in [0.3, 0.4) is 0 Å². The van der Waals surface area contributed by atoms with Gasteiger partial charge in [0.1, 0.15) is 62.8 Å². The molecule has 0 saturated carbocycles. The summed E-state index contributed by atoms with van der Waals surface area (Å²) >= 11 is 3.70. The van der Waals surface area contributed by atoms with Gasteiger partial charge in [-0.05, 0) is 5.56 Å². The largest absolute Gasteiger partial charge is 0.141 e. The Hall–Kier alpha value is -0.561. The van der Waals surface area contributed by atoms with Crippen molar-refractivity contribution in [2.45, 2.75) is 0 Å². The van der Waals surface area contributed by atoms with Gasteiger partial charge in [-0.25, -0.2) is 0 Å². The van der Waals surface area contributed by atoms with Gasteiger partial charge in [0.2, 0.25) is 0 Å². The van der Waals surface area contributed by atoms with Crippen molar-refractivity contribution in [3.63, 3.8) is 0 Å². The van der Waals surface area contributed by atoms with Crippen molar-refractivity contribution in [3.8, 4) is 0 Å². The second kappa shape index (κ2) is 7.63. The van der Waals surface area contributed by atoms with E-state index in [0.29, 0.717) is 0 Å². The Labute approximate surface area is 145 Å². The number of hydrogen-bond acceptors (Lipinski definition) is 0. The summed E-state index contributed by atoms with van der Waals surface area (Å²) in [5, 5.41) is 0. The standard InChI is InChI=1S/C12H19B8Br/c13-3-8(17)11(20)10(19)6(15)1-4-5(14)2-7(16)12(21)9(4)18/h1-3H,13-20H2/b6-1-,8-3-,11-10-. The van der Waals surface area contributed by atoms with E-state index in [-0.39, 0.29) is 0 Å². The summed E-state index contributed by atoms with van der Waals surface area (Å²) in [6, 6.07) is 2.25. The fourth-order valence-corrected chi connectivity index (χ4v) is 2.86. The molecule has 1 aromatic rings.